The molecule has 0 spiro atoms. The number of para-hydroxylation sites is 3. The number of benzene rings is 8. The molecule has 15 aromatic rings. The Labute approximate surface area is 660 Å². The smallest absolute Gasteiger partial charge is 0.298 e. The summed E-state index contributed by atoms with van der Waals surface area (Å²) >= 11 is 5.83. The van der Waals surface area contributed by atoms with E-state index >= 15 is 0 Å². The molecule has 0 radical (unpaired) electrons. The first-order valence-electron chi connectivity index (χ1n) is 35.4. The number of hydrogen-bond donors (Lipinski definition) is 12. The van der Waals surface area contributed by atoms with Gasteiger partial charge in [-0.3, -0.25) is 49.0 Å². The molecule has 4 aliphatic rings. The molecule has 34 heteroatoms. The van der Waals surface area contributed by atoms with Gasteiger partial charge in [0, 0.05) is 125 Å². The van der Waals surface area contributed by atoms with Gasteiger partial charge in [0.2, 0.25) is 17.7 Å². The van der Waals surface area contributed by atoms with Crippen molar-refractivity contribution in [2.75, 3.05) is 64.2 Å². The average molecular weight is 1610 g/mol. The number of thiophene rings is 4. The van der Waals surface area contributed by atoms with Crippen LogP contribution < -0.4 is 64.1 Å². The number of nitro benzene ring substituents is 2. The lowest BCUT2D eigenvalue weighted by atomic mass is 10.1. The van der Waals surface area contributed by atoms with Crippen LogP contribution in [0.15, 0.2) is 178 Å². The van der Waals surface area contributed by atoms with E-state index in [1.807, 2.05) is 125 Å². The molecule has 4 atom stereocenters. The Balaban J connectivity index is 0.000000116. The number of aromatic hydroxyl groups is 1. The van der Waals surface area contributed by atoms with Gasteiger partial charge in [-0.25, -0.2) is 9.97 Å². The summed E-state index contributed by atoms with van der Waals surface area (Å²) in [7, 11) is 0. The molecule has 19 rings (SSSR count). The zero-order valence-electron chi connectivity index (χ0n) is 60.7. The highest BCUT2D eigenvalue weighted by Crippen LogP contribution is 2.45. The van der Waals surface area contributed by atoms with Gasteiger partial charge in [-0.05, 0) is 149 Å². The first-order valence-corrected chi connectivity index (χ1v) is 38.7. The van der Waals surface area contributed by atoms with E-state index in [1.54, 1.807) is 30.3 Å². The van der Waals surface area contributed by atoms with Crippen molar-refractivity contribution in [3.63, 3.8) is 0 Å². The number of anilines is 7. The van der Waals surface area contributed by atoms with E-state index in [9.17, 15) is 49.0 Å². The number of oxazole rings is 2. The van der Waals surface area contributed by atoms with Gasteiger partial charge in [-0.1, -0.05) is 30.8 Å². The summed E-state index contributed by atoms with van der Waals surface area (Å²) in [6.07, 6.45) is 1.24. The topological polar surface area (TPSA) is 444 Å². The Kier molecular flexibility index (Phi) is 20.8. The van der Waals surface area contributed by atoms with Gasteiger partial charge < -0.3 is 82.4 Å². The van der Waals surface area contributed by atoms with Gasteiger partial charge in [0.25, 0.3) is 41.5 Å². The third-order valence-electron chi connectivity index (χ3n) is 18.7. The highest BCUT2D eigenvalue weighted by molar-refractivity contribution is 7.23. The number of carbonyl (C=O) groups is 6. The van der Waals surface area contributed by atoms with Crippen molar-refractivity contribution in [3.05, 3.63) is 204 Å². The summed E-state index contributed by atoms with van der Waals surface area (Å²) in [6.45, 7) is 14.4. The van der Waals surface area contributed by atoms with Crippen molar-refractivity contribution in [1.82, 2.24) is 31.2 Å². The molecule has 4 aliphatic heterocycles. The van der Waals surface area contributed by atoms with Gasteiger partial charge in [-0.15, -0.1) is 45.3 Å². The average Bonchev–Trinajstić information content (AvgIpc) is 1.63. The van der Waals surface area contributed by atoms with Crippen LogP contribution in [0.25, 0.3) is 108 Å². The number of nitrogens with zero attached hydrogens (tertiary/aromatic N) is 4. The number of rotatable bonds is 9. The Hall–Kier alpha value is -14.0. The number of nitrogens with two attached hydrogens (primary N) is 2. The standard InChI is InChI=1S/C23H19N3O3S.C19H14N4O4S.C19H16N4O2S.C13H12N2O3S.C6H6N2O3/c1-3-20(27)26-16-5-4-6-17-14(16)10-18(29-17)13-7-8-19-15(9-13)21-22(30-19)23(28)25-12(2)11-24-21;1-9-8-20-15-11-7-10(5-6-14(11)28-17(15)18(24)21-9)19-22-16-12(23(25)26)3-2-4-13(16)27-19;1-9-8-21-15-11-7-10(5-6-14(11)26-17(15)18(24)22-9)19-23-16-12(20)3-2-4-13(16)25-19;1-7-5-14-11-9-4-8(18-6-16)2-3-10(9)19-12(11)13(17)15-7;7-6-4(8(10)11)2-1-3-5(6)9/h3-10,12,24H,1,11H2,2H3,(H,25,28)(H,26,27);2-7,9,20H,8H2,1H3,(H,21,24);2-7,9,21H,8,20H2,1H3,(H,22,24);2-4,6-7,14H,5H2,1H3,(H,15,17);1-3,9H,7H2/t12-;2*9-;7-;/m1111./s1. The molecule has 0 aliphatic carbocycles. The number of nitro groups is 2. The highest BCUT2D eigenvalue weighted by Gasteiger charge is 2.30. The van der Waals surface area contributed by atoms with Crippen LogP contribution in [0.4, 0.5) is 51.2 Å². The molecule has 30 nitrogen and oxygen atoms in total. The van der Waals surface area contributed by atoms with Crippen molar-refractivity contribution in [1.29, 1.82) is 0 Å². The Morgan fingerprint density at radius 2 is 0.939 bits per heavy atom. The third-order valence-corrected chi connectivity index (χ3v) is 23.3. The fourth-order valence-electron chi connectivity index (χ4n) is 13.1. The molecule has 8 aromatic carbocycles. The number of furan rings is 1. The molecular weight excluding hydrogens is 1540 g/mol. The summed E-state index contributed by atoms with van der Waals surface area (Å²) in [5.74, 6) is 1.22. The highest BCUT2D eigenvalue weighted by atomic mass is 32.1. The van der Waals surface area contributed by atoms with E-state index in [0.717, 1.165) is 79.6 Å². The number of nitrogens with one attached hydrogen (secondary N) is 9. The van der Waals surface area contributed by atoms with Crippen molar-refractivity contribution in [2.45, 2.75) is 51.9 Å². The van der Waals surface area contributed by atoms with Gasteiger partial charge in [0.1, 0.15) is 47.9 Å². The number of phenolic OH excluding ortho intramolecular Hbond substituents is 1. The zero-order valence-corrected chi connectivity index (χ0v) is 63.9. The van der Waals surface area contributed by atoms with Crippen LogP contribution in [0.1, 0.15) is 66.4 Å². The van der Waals surface area contributed by atoms with Crippen LogP contribution in [-0.2, 0) is 9.59 Å². The molecule has 114 heavy (non-hydrogen) atoms. The number of aromatic nitrogens is 2. The molecule has 0 bridgehead atoms. The first-order chi connectivity index (χ1) is 54.9. The number of hydrogen-bond acceptors (Lipinski definition) is 27. The summed E-state index contributed by atoms with van der Waals surface area (Å²) in [6, 6.07) is 44.7. The number of carbonyl (C=O) groups excluding carboxylic acids is 6. The van der Waals surface area contributed by atoms with E-state index in [4.69, 9.17) is 34.6 Å². The van der Waals surface area contributed by atoms with Crippen LogP contribution in [0.3, 0.4) is 0 Å². The molecule has 0 saturated carbocycles. The molecule has 0 fully saturated rings. The molecule has 11 heterocycles. The number of fused-ring (bicyclic) bond motifs is 15. The third kappa shape index (κ3) is 15.1. The van der Waals surface area contributed by atoms with E-state index in [2.05, 4.69) is 64.4 Å². The van der Waals surface area contributed by atoms with Crippen LogP contribution in [-0.4, -0.2) is 111 Å². The molecule has 5 amide bonds. The second-order valence-electron chi connectivity index (χ2n) is 26.9. The largest absolute Gasteiger partial charge is 0.506 e. The van der Waals surface area contributed by atoms with Crippen molar-refractivity contribution in [3.8, 4) is 45.7 Å². The number of nitrogen functional groups attached to an aromatic ring is 2. The molecule has 14 N–H and O–H groups in total. The maximum absolute atomic E-state index is 12.5. The normalized spacial score (nSPS) is 16.0. The number of amides is 5. The second kappa shape index (κ2) is 31.4. The Bertz CT molecular complexity index is 6450. The summed E-state index contributed by atoms with van der Waals surface area (Å²) in [4.78, 5) is 103. The summed E-state index contributed by atoms with van der Waals surface area (Å²) in [5.41, 5.74) is 20.3. The monoisotopic (exact) mass is 1610 g/mol. The second-order valence-corrected chi connectivity index (χ2v) is 31.1. The van der Waals surface area contributed by atoms with E-state index in [0.29, 0.717) is 115 Å². The maximum Gasteiger partial charge on any atom is 0.298 e. The first kappa shape index (κ1) is 75.5. The van der Waals surface area contributed by atoms with Crippen LogP contribution >= 0.6 is 45.3 Å². The molecule has 7 aromatic heterocycles. The molecule has 0 unspecified atom stereocenters. The van der Waals surface area contributed by atoms with E-state index in [-0.39, 0.29) is 82.0 Å². The number of ether oxygens (including phenoxy) is 1. The Morgan fingerprint density at radius 3 is 1.40 bits per heavy atom. The number of non-ortho nitro benzene ring substituents is 1. The van der Waals surface area contributed by atoms with Gasteiger partial charge in [0.15, 0.2) is 22.4 Å². The minimum Gasteiger partial charge on any atom is -0.506 e. The predicted octanol–water partition coefficient (Wildman–Crippen LogP) is 15.8. The summed E-state index contributed by atoms with van der Waals surface area (Å²) in [5, 5.41) is 63.1. The van der Waals surface area contributed by atoms with Crippen LogP contribution in [0, 0.1) is 20.2 Å². The molecule has 0 saturated heterocycles. The maximum atomic E-state index is 12.5. The number of phenols is 1. The van der Waals surface area contributed by atoms with Gasteiger partial charge in [-0.2, -0.15) is 0 Å². The minimum atomic E-state index is -0.644. The van der Waals surface area contributed by atoms with Crippen molar-refractivity contribution in [2.24, 2.45) is 0 Å². The van der Waals surface area contributed by atoms with Crippen molar-refractivity contribution >= 4 is 206 Å². The quantitative estimate of drug-likeness (QED) is 0.0159. The van der Waals surface area contributed by atoms with Crippen LogP contribution in [0.5, 0.6) is 11.5 Å². The van der Waals surface area contributed by atoms with Gasteiger partial charge in [0.05, 0.1) is 44.0 Å². The van der Waals surface area contributed by atoms with Crippen molar-refractivity contribution < 1.29 is 61.7 Å². The fraction of sp³-hybridized carbons (Fsp3) is 0.150. The zero-order chi connectivity index (χ0) is 79.9. The SMILES string of the molecule is C=CC(=O)Nc1cccc2oc(-c3ccc4sc5c(c4c3)NC[C@@H](C)NC5=O)cc12.C[C@@H]1CNc2c(sc3ccc(-c4nc5c(N)cccc5o4)cc23)C(=O)N1.C[C@@H]1CNc2c(sc3ccc(-c4nc5c([N+](=O)[O-])cccc5o4)cc23)C(=O)N1.C[C@@H]1CNc2c(sc3ccc(OC=O)cc23)C(=O)N1.Nc1c(O)cccc1[N+](=O)[O-]. The van der Waals surface area contributed by atoms with E-state index in [1.165, 1.54) is 75.7 Å². The van der Waals surface area contributed by atoms with Crippen LogP contribution in [0.2, 0.25) is 0 Å². The lowest BCUT2D eigenvalue weighted by molar-refractivity contribution is -0.384. The predicted molar refractivity (Wildman–Crippen MR) is 446 cm³/mol. The Morgan fingerprint density at radius 1 is 0.526 bits per heavy atom. The van der Waals surface area contributed by atoms with E-state index < -0.39 is 9.85 Å². The summed E-state index contributed by atoms with van der Waals surface area (Å²) < 4.78 is 26.6. The van der Waals surface area contributed by atoms with Gasteiger partial charge >= 0.3 is 0 Å². The molecular formula is C80H67N15O15S4. The minimum absolute atomic E-state index is 0.0305. The molecule has 576 valence electrons. The lowest BCUT2D eigenvalue weighted by Crippen LogP contribution is -2.34. The lowest BCUT2D eigenvalue weighted by Gasteiger charge is -2.09. The fourth-order valence-corrected chi connectivity index (χ4v) is 17.4.